The summed E-state index contributed by atoms with van der Waals surface area (Å²) in [4.78, 5) is 11.9. The molecule has 0 bridgehead atoms. The van der Waals surface area contributed by atoms with Crippen LogP contribution in [-0.2, 0) is 17.8 Å². The van der Waals surface area contributed by atoms with Crippen LogP contribution in [-0.4, -0.2) is 11.0 Å². The Bertz CT molecular complexity index is 599. The standard InChI is InChI=1S/C16H16ClNO2/c17-14-7-3-1-5-12(14)9-10-16(20)18-15-8-4-2-6-13(15)11-19/h1-8,19H,9-11H2,(H,18,20). The third-order valence-corrected chi connectivity index (χ3v) is 3.41. The number of aryl methyl sites for hydroxylation is 1. The molecule has 0 aliphatic carbocycles. The maximum absolute atomic E-state index is 11.9. The Kier molecular flexibility index (Phi) is 5.16. The second-order valence-electron chi connectivity index (χ2n) is 4.45. The number of para-hydroxylation sites is 1. The van der Waals surface area contributed by atoms with E-state index in [4.69, 9.17) is 11.6 Å². The highest BCUT2D eigenvalue weighted by molar-refractivity contribution is 6.31. The number of carbonyl (C=O) groups is 1. The summed E-state index contributed by atoms with van der Waals surface area (Å²) in [6, 6.07) is 14.7. The third kappa shape index (κ3) is 3.83. The van der Waals surface area contributed by atoms with E-state index < -0.39 is 0 Å². The first-order valence-electron chi connectivity index (χ1n) is 6.42. The maximum Gasteiger partial charge on any atom is 0.224 e. The number of carbonyl (C=O) groups excluding carboxylic acids is 1. The largest absolute Gasteiger partial charge is 0.392 e. The van der Waals surface area contributed by atoms with E-state index >= 15 is 0 Å². The van der Waals surface area contributed by atoms with Gasteiger partial charge in [-0.2, -0.15) is 0 Å². The van der Waals surface area contributed by atoms with Crippen molar-refractivity contribution in [1.82, 2.24) is 0 Å². The van der Waals surface area contributed by atoms with Gasteiger partial charge < -0.3 is 10.4 Å². The summed E-state index contributed by atoms with van der Waals surface area (Å²) in [5.41, 5.74) is 2.32. The van der Waals surface area contributed by atoms with Crippen LogP contribution in [0.5, 0.6) is 0 Å². The normalized spacial score (nSPS) is 10.3. The highest BCUT2D eigenvalue weighted by Crippen LogP contribution is 2.18. The van der Waals surface area contributed by atoms with E-state index in [1.165, 1.54) is 0 Å². The number of anilines is 1. The molecule has 0 saturated heterocycles. The lowest BCUT2D eigenvalue weighted by atomic mass is 10.1. The number of amides is 1. The molecule has 2 rings (SSSR count). The Balaban J connectivity index is 1.95. The predicted molar refractivity (Wildman–Crippen MR) is 80.8 cm³/mol. The van der Waals surface area contributed by atoms with Crippen LogP contribution < -0.4 is 5.32 Å². The Morgan fingerprint density at radius 3 is 2.40 bits per heavy atom. The number of rotatable bonds is 5. The first-order valence-corrected chi connectivity index (χ1v) is 6.80. The van der Waals surface area contributed by atoms with E-state index in [0.717, 1.165) is 5.56 Å². The molecule has 0 atom stereocenters. The second kappa shape index (κ2) is 7.08. The SMILES string of the molecule is O=C(CCc1ccccc1Cl)Nc1ccccc1CO. The molecule has 2 aromatic carbocycles. The van der Waals surface area contributed by atoms with Crippen molar-refractivity contribution >= 4 is 23.2 Å². The molecule has 3 nitrogen and oxygen atoms in total. The van der Waals surface area contributed by atoms with Crippen molar-refractivity contribution in [2.45, 2.75) is 19.4 Å². The first-order chi connectivity index (χ1) is 9.70. The van der Waals surface area contributed by atoms with E-state index in [1.807, 2.05) is 36.4 Å². The van der Waals surface area contributed by atoms with Gasteiger partial charge in [0.2, 0.25) is 5.91 Å². The minimum absolute atomic E-state index is 0.0918. The van der Waals surface area contributed by atoms with Crippen molar-refractivity contribution in [3.8, 4) is 0 Å². The van der Waals surface area contributed by atoms with E-state index in [2.05, 4.69) is 5.32 Å². The summed E-state index contributed by atoms with van der Waals surface area (Å²) in [6.45, 7) is -0.0963. The number of nitrogens with one attached hydrogen (secondary N) is 1. The minimum atomic E-state index is -0.0963. The molecule has 1 amide bonds. The Labute approximate surface area is 123 Å². The molecule has 2 aromatic rings. The fourth-order valence-corrected chi connectivity index (χ4v) is 2.17. The van der Waals surface area contributed by atoms with Crippen molar-refractivity contribution in [2.75, 3.05) is 5.32 Å². The molecule has 0 radical (unpaired) electrons. The van der Waals surface area contributed by atoms with Gasteiger partial charge in [-0.05, 0) is 24.1 Å². The summed E-state index contributed by atoms with van der Waals surface area (Å²) in [5.74, 6) is -0.0918. The zero-order chi connectivity index (χ0) is 14.4. The molecule has 0 aliphatic rings. The van der Waals surface area contributed by atoms with Crippen LogP contribution in [0.4, 0.5) is 5.69 Å². The predicted octanol–water partition coefficient (Wildman–Crippen LogP) is 3.40. The van der Waals surface area contributed by atoms with Crippen LogP contribution in [0.25, 0.3) is 0 Å². The average molecular weight is 290 g/mol. The number of hydrogen-bond donors (Lipinski definition) is 2. The molecule has 104 valence electrons. The minimum Gasteiger partial charge on any atom is -0.392 e. The van der Waals surface area contributed by atoms with Crippen molar-refractivity contribution in [3.05, 3.63) is 64.7 Å². The van der Waals surface area contributed by atoms with E-state index in [9.17, 15) is 9.90 Å². The Morgan fingerprint density at radius 2 is 1.70 bits per heavy atom. The van der Waals surface area contributed by atoms with Crippen molar-refractivity contribution in [1.29, 1.82) is 0 Å². The van der Waals surface area contributed by atoms with Gasteiger partial charge in [0, 0.05) is 22.7 Å². The van der Waals surface area contributed by atoms with Crippen molar-refractivity contribution < 1.29 is 9.90 Å². The molecule has 0 saturated carbocycles. The molecule has 0 heterocycles. The zero-order valence-corrected chi connectivity index (χ0v) is 11.7. The smallest absolute Gasteiger partial charge is 0.224 e. The van der Waals surface area contributed by atoms with Gasteiger partial charge in [-0.1, -0.05) is 48.0 Å². The fourth-order valence-electron chi connectivity index (χ4n) is 1.94. The molecule has 0 fully saturated rings. The van der Waals surface area contributed by atoms with Gasteiger partial charge >= 0.3 is 0 Å². The molecular formula is C16H16ClNO2. The number of aliphatic hydroxyl groups is 1. The van der Waals surface area contributed by atoms with Gasteiger partial charge in [-0.15, -0.1) is 0 Å². The summed E-state index contributed by atoms with van der Waals surface area (Å²) >= 11 is 6.05. The lowest BCUT2D eigenvalue weighted by molar-refractivity contribution is -0.116. The zero-order valence-electron chi connectivity index (χ0n) is 11.0. The van der Waals surface area contributed by atoms with Crippen LogP contribution >= 0.6 is 11.6 Å². The summed E-state index contributed by atoms with van der Waals surface area (Å²) in [7, 11) is 0. The summed E-state index contributed by atoms with van der Waals surface area (Å²) in [5, 5.41) is 12.7. The van der Waals surface area contributed by atoms with Crippen LogP contribution in [0.1, 0.15) is 17.5 Å². The molecule has 0 spiro atoms. The maximum atomic E-state index is 11.9. The molecule has 4 heteroatoms. The Hall–Kier alpha value is -1.84. The van der Waals surface area contributed by atoms with Crippen molar-refractivity contribution in [2.24, 2.45) is 0 Å². The van der Waals surface area contributed by atoms with Gasteiger partial charge in [0.25, 0.3) is 0 Å². The molecular weight excluding hydrogens is 274 g/mol. The van der Waals surface area contributed by atoms with E-state index in [0.29, 0.717) is 29.1 Å². The number of benzene rings is 2. The second-order valence-corrected chi connectivity index (χ2v) is 4.86. The third-order valence-electron chi connectivity index (χ3n) is 3.04. The fraction of sp³-hybridized carbons (Fsp3) is 0.188. The van der Waals surface area contributed by atoms with Gasteiger partial charge in [-0.3, -0.25) is 4.79 Å². The highest BCUT2D eigenvalue weighted by atomic mass is 35.5. The molecule has 2 N–H and O–H groups in total. The lowest BCUT2D eigenvalue weighted by Gasteiger charge is -2.09. The molecule has 20 heavy (non-hydrogen) atoms. The number of hydrogen-bond acceptors (Lipinski definition) is 2. The van der Waals surface area contributed by atoms with Gasteiger partial charge in [0.1, 0.15) is 0 Å². The van der Waals surface area contributed by atoms with Crippen LogP contribution in [0, 0.1) is 0 Å². The van der Waals surface area contributed by atoms with E-state index in [1.54, 1.807) is 12.1 Å². The first kappa shape index (κ1) is 14.6. The molecule has 0 aromatic heterocycles. The van der Waals surface area contributed by atoms with Crippen LogP contribution in [0.2, 0.25) is 5.02 Å². The number of aliphatic hydroxyl groups excluding tert-OH is 1. The van der Waals surface area contributed by atoms with Gasteiger partial charge in [0.15, 0.2) is 0 Å². The monoisotopic (exact) mass is 289 g/mol. The van der Waals surface area contributed by atoms with E-state index in [-0.39, 0.29) is 12.5 Å². The average Bonchev–Trinajstić information content (AvgIpc) is 2.47. The highest BCUT2D eigenvalue weighted by Gasteiger charge is 2.07. The molecule has 0 aliphatic heterocycles. The van der Waals surface area contributed by atoms with Gasteiger partial charge in [-0.25, -0.2) is 0 Å². The quantitative estimate of drug-likeness (QED) is 0.886. The summed E-state index contributed by atoms with van der Waals surface area (Å²) in [6.07, 6.45) is 0.941. The Morgan fingerprint density at radius 1 is 1.05 bits per heavy atom. The van der Waals surface area contributed by atoms with Crippen LogP contribution in [0.15, 0.2) is 48.5 Å². The number of halogens is 1. The van der Waals surface area contributed by atoms with Crippen molar-refractivity contribution in [3.63, 3.8) is 0 Å². The lowest BCUT2D eigenvalue weighted by Crippen LogP contribution is -2.13. The van der Waals surface area contributed by atoms with Gasteiger partial charge in [0.05, 0.1) is 6.61 Å². The topological polar surface area (TPSA) is 49.3 Å². The molecule has 0 unspecified atom stereocenters. The summed E-state index contributed by atoms with van der Waals surface area (Å²) < 4.78 is 0. The van der Waals surface area contributed by atoms with Crippen LogP contribution in [0.3, 0.4) is 0 Å².